The summed E-state index contributed by atoms with van der Waals surface area (Å²) in [6.07, 6.45) is 2.73. The fourth-order valence-electron chi connectivity index (χ4n) is 2.35. The molecule has 0 bridgehead atoms. The molecule has 1 aromatic carbocycles. The number of aliphatic hydroxyl groups is 1. The largest absolute Gasteiger partial charge is 0.396 e. The third kappa shape index (κ3) is 4.47. The summed E-state index contributed by atoms with van der Waals surface area (Å²) in [7, 11) is 0. The number of rotatable bonds is 6. The molecule has 2 rings (SSSR count). The van der Waals surface area contributed by atoms with Gasteiger partial charge in [0, 0.05) is 18.0 Å². The molecule has 5 nitrogen and oxygen atoms in total. The normalized spacial score (nSPS) is 12.0. The minimum atomic E-state index is 0. The lowest BCUT2D eigenvalue weighted by atomic mass is 10.1. The number of benzene rings is 1. The summed E-state index contributed by atoms with van der Waals surface area (Å²) in [6.45, 7) is 4.31. The Labute approximate surface area is 132 Å². The topological polar surface area (TPSA) is 84.1 Å². The lowest BCUT2D eigenvalue weighted by Gasteiger charge is -2.19. The highest BCUT2D eigenvalue weighted by atomic mass is 32.1. The van der Waals surface area contributed by atoms with Gasteiger partial charge in [-0.3, -0.25) is 0 Å². The van der Waals surface area contributed by atoms with E-state index in [-0.39, 0.29) is 32.1 Å². The zero-order valence-corrected chi connectivity index (χ0v) is 13.6. The van der Waals surface area contributed by atoms with Gasteiger partial charge in [0.1, 0.15) is 5.82 Å². The number of aliphatic hydroxyl groups excluding tert-OH is 1. The summed E-state index contributed by atoms with van der Waals surface area (Å²) in [4.78, 5) is 8.58. The monoisotopic (exact) mass is 308 g/mol. The van der Waals surface area contributed by atoms with Gasteiger partial charge in [0.25, 0.3) is 0 Å². The van der Waals surface area contributed by atoms with E-state index in [1.54, 1.807) is 0 Å². The zero-order chi connectivity index (χ0) is 14.5. The first-order valence-corrected chi connectivity index (χ1v) is 7.05. The van der Waals surface area contributed by atoms with Crippen LogP contribution in [0.15, 0.2) is 18.2 Å². The van der Waals surface area contributed by atoms with E-state index in [1.807, 2.05) is 25.1 Å². The van der Waals surface area contributed by atoms with E-state index < -0.39 is 0 Å². The molecule has 0 aliphatic heterocycles. The number of aromatic nitrogens is 2. The van der Waals surface area contributed by atoms with Gasteiger partial charge in [0.15, 0.2) is 0 Å². The van der Waals surface area contributed by atoms with Gasteiger partial charge < -0.3 is 16.2 Å². The highest BCUT2D eigenvalue weighted by Crippen LogP contribution is 2.23. The van der Waals surface area contributed by atoms with Crippen molar-refractivity contribution >= 4 is 36.2 Å². The summed E-state index contributed by atoms with van der Waals surface area (Å²) in [5, 5.41) is 13.5. The molecular formula is C15H24N4OS. The van der Waals surface area contributed by atoms with Crippen molar-refractivity contribution in [1.29, 1.82) is 0 Å². The van der Waals surface area contributed by atoms with Crippen LogP contribution in [0.2, 0.25) is 0 Å². The second kappa shape index (κ2) is 8.05. The van der Waals surface area contributed by atoms with Gasteiger partial charge in [0.05, 0.1) is 5.52 Å². The van der Waals surface area contributed by atoms with Crippen molar-refractivity contribution in [2.45, 2.75) is 39.2 Å². The van der Waals surface area contributed by atoms with E-state index in [1.165, 1.54) is 0 Å². The van der Waals surface area contributed by atoms with Crippen LogP contribution in [-0.4, -0.2) is 27.7 Å². The van der Waals surface area contributed by atoms with Crippen LogP contribution in [-0.2, 0) is 0 Å². The van der Waals surface area contributed by atoms with Crippen molar-refractivity contribution < 1.29 is 5.11 Å². The van der Waals surface area contributed by atoms with Crippen LogP contribution < -0.4 is 11.1 Å². The van der Waals surface area contributed by atoms with Crippen LogP contribution in [0.25, 0.3) is 10.9 Å². The Morgan fingerprint density at radius 3 is 2.71 bits per heavy atom. The Morgan fingerprint density at radius 2 is 2.05 bits per heavy atom. The number of nitrogens with zero attached hydrogens (tertiary/aromatic N) is 2. The van der Waals surface area contributed by atoms with E-state index in [2.05, 4.69) is 22.2 Å². The third-order valence-electron chi connectivity index (χ3n) is 3.33. The molecule has 6 heteroatoms. The number of nitrogens with one attached hydrogen (secondary N) is 1. The molecule has 0 amide bonds. The predicted octanol–water partition coefficient (Wildman–Crippen LogP) is 2.60. The van der Waals surface area contributed by atoms with Crippen molar-refractivity contribution in [3.8, 4) is 0 Å². The highest BCUT2D eigenvalue weighted by Gasteiger charge is 2.12. The molecule has 1 atom stereocenters. The van der Waals surface area contributed by atoms with Crippen LogP contribution in [0.4, 0.5) is 11.8 Å². The van der Waals surface area contributed by atoms with Gasteiger partial charge in [-0.25, -0.2) is 4.98 Å². The smallest absolute Gasteiger partial charge is 0.222 e. The Balaban J connectivity index is 0.00000220. The zero-order valence-electron chi connectivity index (χ0n) is 12.6. The van der Waals surface area contributed by atoms with Crippen molar-refractivity contribution in [1.82, 2.24) is 9.97 Å². The van der Waals surface area contributed by atoms with Crippen LogP contribution in [0.5, 0.6) is 0 Å². The number of fused-ring (bicyclic) bond motifs is 1. The summed E-state index contributed by atoms with van der Waals surface area (Å²) >= 11 is 0. The van der Waals surface area contributed by atoms with Crippen LogP contribution in [0, 0.1) is 6.92 Å². The van der Waals surface area contributed by atoms with E-state index >= 15 is 0 Å². The van der Waals surface area contributed by atoms with Crippen molar-refractivity contribution in [3.05, 3.63) is 23.8 Å². The lowest BCUT2D eigenvalue weighted by molar-refractivity contribution is 0.276. The van der Waals surface area contributed by atoms with E-state index in [9.17, 15) is 0 Å². The maximum absolute atomic E-state index is 9.15. The molecule has 1 aromatic heterocycles. The minimum Gasteiger partial charge on any atom is -0.396 e. The fraction of sp³-hybridized carbons (Fsp3) is 0.467. The lowest BCUT2D eigenvalue weighted by Crippen LogP contribution is -2.22. The van der Waals surface area contributed by atoms with Crippen LogP contribution in [0.1, 0.15) is 31.7 Å². The van der Waals surface area contributed by atoms with Crippen molar-refractivity contribution in [2.75, 3.05) is 17.7 Å². The van der Waals surface area contributed by atoms with Crippen molar-refractivity contribution in [2.24, 2.45) is 0 Å². The van der Waals surface area contributed by atoms with Crippen LogP contribution >= 0.6 is 13.5 Å². The van der Waals surface area contributed by atoms with Gasteiger partial charge in [-0.2, -0.15) is 18.5 Å². The molecule has 0 spiro atoms. The number of hydrogen-bond donors (Lipinski definition) is 3. The Morgan fingerprint density at radius 1 is 1.29 bits per heavy atom. The summed E-state index contributed by atoms with van der Waals surface area (Å²) in [5.74, 6) is 1.02. The maximum Gasteiger partial charge on any atom is 0.222 e. The molecule has 21 heavy (non-hydrogen) atoms. The van der Waals surface area contributed by atoms with Gasteiger partial charge in [-0.05, 0) is 37.5 Å². The van der Waals surface area contributed by atoms with E-state index in [0.717, 1.165) is 35.1 Å². The molecule has 1 heterocycles. The minimum absolute atomic E-state index is 0. The Bertz CT molecular complexity index is 580. The average Bonchev–Trinajstić information content (AvgIpc) is 2.38. The van der Waals surface area contributed by atoms with E-state index in [4.69, 9.17) is 10.8 Å². The molecule has 0 aliphatic carbocycles. The standard InChI is InChI=1S/C15H22N4O.H2S/c1-3-4-11(7-8-20)17-14-12-6-5-10(2)9-13(12)18-15(16)19-14;/h5-6,9,11,20H,3-4,7-8H2,1-2H3,(H3,16,17,18,19);1H2/t11-;/m0./s1. The number of hydrogen-bond acceptors (Lipinski definition) is 5. The average molecular weight is 308 g/mol. The molecule has 0 saturated carbocycles. The predicted molar refractivity (Wildman–Crippen MR) is 93.1 cm³/mol. The quantitative estimate of drug-likeness (QED) is 0.764. The SMILES string of the molecule is CCC[C@@H](CCO)Nc1nc(N)nc2cc(C)ccc12.S. The van der Waals surface area contributed by atoms with Gasteiger partial charge >= 0.3 is 0 Å². The molecule has 116 valence electrons. The number of aryl methyl sites for hydroxylation is 1. The Hall–Kier alpha value is -1.53. The summed E-state index contributed by atoms with van der Waals surface area (Å²) in [6, 6.07) is 6.24. The number of nitrogens with two attached hydrogens (primary N) is 1. The number of nitrogen functional groups attached to an aromatic ring is 1. The molecule has 0 saturated heterocycles. The molecule has 0 fully saturated rings. The molecule has 0 radical (unpaired) electrons. The highest BCUT2D eigenvalue weighted by molar-refractivity contribution is 7.59. The fourth-order valence-corrected chi connectivity index (χ4v) is 2.35. The van der Waals surface area contributed by atoms with E-state index in [0.29, 0.717) is 6.42 Å². The second-order valence-corrected chi connectivity index (χ2v) is 5.09. The molecule has 2 aromatic rings. The first-order valence-electron chi connectivity index (χ1n) is 7.05. The molecular weight excluding hydrogens is 284 g/mol. The van der Waals surface area contributed by atoms with Gasteiger partial charge in [0.2, 0.25) is 5.95 Å². The third-order valence-corrected chi connectivity index (χ3v) is 3.33. The first-order chi connectivity index (χ1) is 9.63. The maximum atomic E-state index is 9.15. The first kappa shape index (κ1) is 17.5. The van der Waals surface area contributed by atoms with Crippen LogP contribution in [0.3, 0.4) is 0 Å². The van der Waals surface area contributed by atoms with Gasteiger partial charge in [-0.15, -0.1) is 0 Å². The molecule has 0 unspecified atom stereocenters. The van der Waals surface area contributed by atoms with Gasteiger partial charge in [-0.1, -0.05) is 19.4 Å². The summed E-state index contributed by atoms with van der Waals surface area (Å²) < 4.78 is 0. The Kier molecular flexibility index (Phi) is 6.71. The van der Waals surface area contributed by atoms with Crippen molar-refractivity contribution in [3.63, 3.8) is 0 Å². The summed E-state index contributed by atoms with van der Waals surface area (Å²) in [5.41, 5.74) is 7.77. The number of anilines is 2. The second-order valence-electron chi connectivity index (χ2n) is 5.09. The molecule has 4 N–H and O–H groups in total. The molecule has 0 aliphatic rings.